The lowest BCUT2D eigenvalue weighted by molar-refractivity contribution is 0.289. The monoisotopic (exact) mass is 343 g/mol. The lowest BCUT2D eigenvalue weighted by atomic mass is 10.0. The number of pyridine rings is 2. The van der Waals surface area contributed by atoms with Gasteiger partial charge in [0.15, 0.2) is 0 Å². The predicted molar refractivity (Wildman–Crippen MR) is 103 cm³/mol. The van der Waals surface area contributed by atoms with Gasteiger partial charge in [-0.1, -0.05) is 24.3 Å². The van der Waals surface area contributed by atoms with Crippen LogP contribution in [0.5, 0.6) is 5.75 Å². The Labute approximate surface area is 153 Å². The molecule has 26 heavy (non-hydrogen) atoms. The second-order valence-corrected chi connectivity index (χ2v) is 7.03. The lowest BCUT2D eigenvalue weighted by Crippen LogP contribution is -2.18. The molecular formula is C22H21N3O. The van der Waals surface area contributed by atoms with Gasteiger partial charge in [-0.2, -0.15) is 0 Å². The van der Waals surface area contributed by atoms with Gasteiger partial charge in [-0.05, 0) is 67.0 Å². The van der Waals surface area contributed by atoms with Crippen molar-refractivity contribution in [3.63, 3.8) is 0 Å². The molecule has 0 aliphatic carbocycles. The number of para-hydroxylation sites is 1. The second-order valence-electron chi connectivity index (χ2n) is 7.03. The zero-order valence-corrected chi connectivity index (χ0v) is 14.9. The Morgan fingerprint density at radius 1 is 0.923 bits per heavy atom. The average molecular weight is 343 g/mol. The van der Waals surface area contributed by atoms with Crippen LogP contribution in [0.3, 0.4) is 0 Å². The Morgan fingerprint density at radius 3 is 2.73 bits per heavy atom. The fraction of sp³-hybridized carbons (Fsp3) is 0.273. The Bertz CT molecular complexity index is 983. The number of fused-ring (bicyclic) bond motifs is 3. The third-order valence-corrected chi connectivity index (χ3v) is 5.19. The molecule has 0 saturated heterocycles. The molecule has 0 bridgehead atoms. The average Bonchev–Trinajstić information content (AvgIpc) is 2.84. The van der Waals surface area contributed by atoms with E-state index in [-0.39, 0.29) is 0 Å². The van der Waals surface area contributed by atoms with Crippen LogP contribution in [0, 0.1) is 6.92 Å². The number of rotatable bonds is 1. The largest absolute Gasteiger partial charge is 0.491 e. The molecule has 4 nitrogen and oxygen atoms in total. The molecule has 0 amide bonds. The van der Waals surface area contributed by atoms with Crippen molar-refractivity contribution in [2.24, 2.45) is 0 Å². The van der Waals surface area contributed by atoms with E-state index in [1.165, 1.54) is 22.3 Å². The van der Waals surface area contributed by atoms with E-state index in [1.807, 2.05) is 18.5 Å². The maximum Gasteiger partial charge on any atom is 0.146 e. The molecule has 0 N–H and O–H groups in total. The first-order valence-corrected chi connectivity index (χ1v) is 9.25. The fourth-order valence-corrected chi connectivity index (χ4v) is 3.98. The summed E-state index contributed by atoms with van der Waals surface area (Å²) >= 11 is 0. The summed E-state index contributed by atoms with van der Waals surface area (Å²) in [6.07, 6.45) is 7.86. The molecule has 2 aromatic heterocycles. The number of nitrogens with zero attached hydrogens (tertiary/aromatic N) is 3. The molecule has 0 spiro atoms. The van der Waals surface area contributed by atoms with Crippen molar-refractivity contribution in [2.45, 2.75) is 32.6 Å². The quantitative estimate of drug-likeness (QED) is 0.643. The molecule has 130 valence electrons. The van der Waals surface area contributed by atoms with Gasteiger partial charge in [0.2, 0.25) is 0 Å². The lowest BCUT2D eigenvalue weighted by Gasteiger charge is -2.29. The zero-order valence-electron chi connectivity index (χ0n) is 14.9. The minimum atomic E-state index is 0.765. The highest BCUT2D eigenvalue weighted by Gasteiger charge is 2.28. The molecule has 0 saturated carbocycles. The molecule has 2 aliphatic heterocycles. The predicted octanol–water partition coefficient (Wildman–Crippen LogP) is 4.68. The Kier molecular flexibility index (Phi) is 3.63. The molecule has 0 fully saturated rings. The van der Waals surface area contributed by atoms with Crippen molar-refractivity contribution in [1.82, 2.24) is 9.97 Å². The van der Waals surface area contributed by atoms with Gasteiger partial charge < -0.3 is 4.74 Å². The minimum absolute atomic E-state index is 0.765. The Balaban J connectivity index is 1.78. The molecule has 2 aliphatic rings. The van der Waals surface area contributed by atoms with Crippen LogP contribution in [-0.2, 0) is 19.3 Å². The summed E-state index contributed by atoms with van der Waals surface area (Å²) in [4.78, 5) is 11.7. The number of hydrogen-bond donors (Lipinski definition) is 0. The van der Waals surface area contributed by atoms with Gasteiger partial charge in [-0.15, -0.1) is 0 Å². The molecule has 4 heterocycles. The fourth-order valence-electron chi connectivity index (χ4n) is 3.98. The van der Waals surface area contributed by atoms with E-state index >= 15 is 0 Å². The van der Waals surface area contributed by atoms with Gasteiger partial charge in [0.25, 0.3) is 0 Å². The van der Waals surface area contributed by atoms with Gasteiger partial charge in [-0.25, -0.2) is 9.97 Å². The van der Waals surface area contributed by atoms with Crippen LogP contribution in [-0.4, -0.2) is 16.6 Å². The van der Waals surface area contributed by atoms with E-state index in [2.05, 4.69) is 42.2 Å². The van der Waals surface area contributed by atoms with Crippen molar-refractivity contribution in [1.29, 1.82) is 0 Å². The van der Waals surface area contributed by atoms with Crippen LogP contribution in [0.2, 0.25) is 0 Å². The van der Waals surface area contributed by atoms with Crippen molar-refractivity contribution in [3.05, 3.63) is 71.0 Å². The number of aryl methyl sites for hydroxylation is 4. The highest BCUT2D eigenvalue weighted by Crippen LogP contribution is 2.45. The van der Waals surface area contributed by atoms with Gasteiger partial charge in [0.1, 0.15) is 17.4 Å². The van der Waals surface area contributed by atoms with Crippen LogP contribution in [0.25, 0.3) is 0 Å². The van der Waals surface area contributed by atoms with Crippen LogP contribution in [0.1, 0.15) is 28.7 Å². The first kappa shape index (κ1) is 15.4. The highest BCUT2D eigenvalue weighted by atomic mass is 16.5. The third kappa shape index (κ3) is 2.45. The van der Waals surface area contributed by atoms with Crippen LogP contribution in [0.4, 0.5) is 17.3 Å². The van der Waals surface area contributed by atoms with Crippen LogP contribution < -0.4 is 9.64 Å². The summed E-state index contributed by atoms with van der Waals surface area (Å²) in [7, 11) is 0. The zero-order chi connectivity index (χ0) is 17.5. The van der Waals surface area contributed by atoms with E-state index in [0.29, 0.717) is 0 Å². The third-order valence-electron chi connectivity index (χ3n) is 5.19. The standard InChI is InChI=1S/C22H21N3O/c1-15-13-18-10-9-17-6-3-11-23-21(17)25(22(18)24-14-15)19-8-2-5-16-7-4-12-26-20(16)19/h2-3,5-6,8,11,13-14H,4,7,9-10,12H2,1H3. The molecule has 0 unspecified atom stereocenters. The number of benzene rings is 1. The van der Waals surface area contributed by atoms with Gasteiger partial charge in [0.05, 0.1) is 12.3 Å². The van der Waals surface area contributed by atoms with E-state index in [9.17, 15) is 0 Å². The number of ether oxygens (including phenoxy) is 1. The number of hydrogen-bond acceptors (Lipinski definition) is 4. The highest BCUT2D eigenvalue weighted by molar-refractivity contribution is 5.81. The maximum atomic E-state index is 6.11. The normalized spacial score (nSPS) is 15.3. The maximum absolute atomic E-state index is 6.11. The SMILES string of the molecule is Cc1cnc2c(c1)CCc1cccnc1N2c1cccc2c1OCCC2. The first-order valence-electron chi connectivity index (χ1n) is 9.25. The topological polar surface area (TPSA) is 38.2 Å². The van der Waals surface area contributed by atoms with E-state index < -0.39 is 0 Å². The van der Waals surface area contributed by atoms with Gasteiger partial charge in [0, 0.05) is 12.4 Å². The summed E-state index contributed by atoms with van der Waals surface area (Å²) in [5.74, 6) is 2.91. The Morgan fingerprint density at radius 2 is 1.77 bits per heavy atom. The van der Waals surface area contributed by atoms with Gasteiger partial charge in [-0.3, -0.25) is 4.90 Å². The van der Waals surface area contributed by atoms with Gasteiger partial charge >= 0.3 is 0 Å². The van der Waals surface area contributed by atoms with E-state index in [0.717, 1.165) is 55.4 Å². The van der Waals surface area contributed by atoms with Crippen molar-refractivity contribution < 1.29 is 4.74 Å². The van der Waals surface area contributed by atoms with Crippen molar-refractivity contribution >= 4 is 17.3 Å². The molecule has 0 atom stereocenters. The molecule has 5 rings (SSSR count). The smallest absolute Gasteiger partial charge is 0.146 e. The summed E-state index contributed by atoms with van der Waals surface area (Å²) in [5, 5.41) is 0. The molecular weight excluding hydrogens is 322 g/mol. The summed E-state index contributed by atoms with van der Waals surface area (Å²) in [6, 6.07) is 12.8. The van der Waals surface area contributed by atoms with Crippen LogP contribution in [0.15, 0.2) is 48.8 Å². The number of anilines is 3. The molecule has 0 radical (unpaired) electrons. The Hall–Kier alpha value is -2.88. The molecule has 1 aromatic carbocycles. The molecule has 4 heteroatoms. The summed E-state index contributed by atoms with van der Waals surface area (Å²) < 4.78 is 6.11. The number of aromatic nitrogens is 2. The second kappa shape index (κ2) is 6.13. The minimum Gasteiger partial charge on any atom is -0.491 e. The first-order chi connectivity index (χ1) is 12.8. The summed E-state index contributed by atoms with van der Waals surface area (Å²) in [5.41, 5.74) is 6.01. The summed E-state index contributed by atoms with van der Waals surface area (Å²) in [6.45, 7) is 2.86. The van der Waals surface area contributed by atoms with Crippen molar-refractivity contribution in [3.8, 4) is 5.75 Å². The molecule has 3 aromatic rings. The van der Waals surface area contributed by atoms with E-state index in [1.54, 1.807) is 0 Å². The van der Waals surface area contributed by atoms with E-state index in [4.69, 9.17) is 14.7 Å². The van der Waals surface area contributed by atoms with Crippen LogP contribution >= 0.6 is 0 Å². The van der Waals surface area contributed by atoms with Crippen molar-refractivity contribution in [2.75, 3.05) is 11.5 Å².